The lowest BCUT2D eigenvalue weighted by Crippen LogP contribution is -2.60. The number of amides is 3. The summed E-state index contributed by atoms with van der Waals surface area (Å²) in [5.41, 5.74) is 1.66. The molecule has 1 unspecified atom stereocenters. The molecule has 0 radical (unpaired) electrons. The average Bonchev–Trinajstić information content (AvgIpc) is 3.81. The van der Waals surface area contributed by atoms with E-state index in [1.165, 1.54) is 11.4 Å². The van der Waals surface area contributed by atoms with Crippen LogP contribution in [0, 0.1) is 41.4 Å². The lowest BCUT2D eigenvalue weighted by atomic mass is 9.84. The molecule has 0 bridgehead atoms. The van der Waals surface area contributed by atoms with Gasteiger partial charge < -0.3 is 15.5 Å². The summed E-state index contributed by atoms with van der Waals surface area (Å²) in [6.45, 7) is 9.72. The van der Waals surface area contributed by atoms with Crippen LogP contribution in [-0.4, -0.2) is 91.4 Å². The molecular weight excluding hydrogens is 681 g/mol. The van der Waals surface area contributed by atoms with Crippen molar-refractivity contribution >= 4 is 39.3 Å². The van der Waals surface area contributed by atoms with Gasteiger partial charge in [0.2, 0.25) is 21.7 Å². The van der Waals surface area contributed by atoms with Gasteiger partial charge in [-0.3, -0.25) is 19.2 Å². The minimum atomic E-state index is -3.52. The molecule has 52 heavy (non-hydrogen) atoms. The number of rotatable bonds is 17. The minimum Gasteiger partial charge on any atom is -0.334 e. The quantitative estimate of drug-likeness (QED) is 0.139. The molecule has 1 aromatic rings. The molecule has 4 rings (SSSR count). The number of terminal acetylenes is 1. The van der Waals surface area contributed by atoms with E-state index in [0.29, 0.717) is 25.8 Å². The van der Waals surface area contributed by atoms with Gasteiger partial charge in [0.25, 0.3) is 0 Å². The molecule has 284 valence electrons. The molecule has 2 fully saturated rings. The molecule has 0 spiro atoms. The van der Waals surface area contributed by atoms with Gasteiger partial charge in [-0.15, -0.1) is 18.9 Å². The second kappa shape index (κ2) is 17.3. The van der Waals surface area contributed by atoms with Crippen molar-refractivity contribution < 1.29 is 32.4 Å². The molecule has 1 heterocycles. The Labute approximate surface area is 309 Å². The zero-order chi connectivity index (χ0) is 38.4. The van der Waals surface area contributed by atoms with Gasteiger partial charge in [0.05, 0.1) is 12.3 Å². The van der Waals surface area contributed by atoms with Crippen molar-refractivity contribution in [1.29, 1.82) is 0 Å². The number of hydrogen-bond donors (Lipinski definition) is 2. The largest absolute Gasteiger partial charge is 0.334 e. The third-order valence-electron chi connectivity index (χ3n) is 11.3. The molecule has 2 N–H and O–H groups in total. The number of Topliss-reactive ketones (excluding diaryl/α,β-unsaturated/α-hetero) is 3. The maximum absolute atomic E-state index is 14.9. The average molecular weight is 737 g/mol. The van der Waals surface area contributed by atoms with Crippen molar-refractivity contribution in [2.45, 2.75) is 103 Å². The second-order valence-electron chi connectivity index (χ2n) is 16.0. The summed E-state index contributed by atoms with van der Waals surface area (Å²) in [6, 6.07) is 4.97. The van der Waals surface area contributed by atoms with Gasteiger partial charge in [-0.05, 0) is 72.8 Å². The number of carbonyl (C=O) groups excluding carboxylic acids is 5. The maximum atomic E-state index is 14.9. The summed E-state index contributed by atoms with van der Waals surface area (Å²) < 4.78 is 25.7. The maximum Gasteiger partial charge on any atom is 0.315 e. The summed E-state index contributed by atoms with van der Waals surface area (Å²) in [4.78, 5) is 70.7. The van der Waals surface area contributed by atoms with Gasteiger partial charge in [-0.1, -0.05) is 57.5 Å². The van der Waals surface area contributed by atoms with Gasteiger partial charge in [-0.2, -0.15) is 0 Å². The number of allylic oxidation sites excluding steroid dienone is 1. The van der Waals surface area contributed by atoms with E-state index >= 15 is 0 Å². The monoisotopic (exact) mass is 736 g/mol. The number of likely N-dealkylation sites (N-methyl/N-ethyl adjacent to an activating group) is 1. The number of ketones is 3. The van der Waals surface area contributed by atoms with Gasteiger partial charge in [0.15, 0.2) is 11.6 Å². The number of nitrogens with one attached hydrogen (secondary N) is 2. The molecule has 12 heteroatoms. The summed E-state index contributed by atoms with van der Waals surface area (Å²) in [6.07, 6.45) is 12.5. The summed E-state index contributed by atoms with van der Waals surface area (Å²) in [5, 5.41) is 5.93. The van der Waals surface area contributed by atoms with Crippen LogP contribution in [0.1, 0.15) is 83.3 Å². The molecule has 1 saturated heterocycles. The van der Waals surface area contributed by atoms with Crippen LogP contribution >= 0.6 is 0 Å². The fourth-order valence-electron chi connectivity index (χ4n) is 8.13. The smallest absolute Gasteiger partial charge is 0.315 e. The normalized spacial score (nSPS) is 21.8. The molecule has 1 saturated carbocycles. The van der Waals surface area contributed by atoms with Gasteiger partial charge in [-0.25, -0.2) is 17.5 Å². The number of fused-ring (bicyclic) bond motifs is 2. The van der Waals surface area contributed by atoms with E-state index in [4.69, 9.17) is 6.42 Å². The number of carbonyl (C=O) groups is 5. The van der Waals surface area contributed by atoms with E-state index in [-0.39, 0.29) is 61.7 Å². The highest BCUT2D eigenvalue weighted by Gasteiger charge is 2.52. The van der Waals surface area contributed by atoms with E-state index < -0.39 is 57.1 Å². The summed E-state index contributed by atoms with van der Waals surface area (Å²) in [7, 11) is -2.06. The number of likely N-dealkylation sites (tertiary alicyclic amines) is 1. The van der Waals surface area contributed by atoms with E-state index in [9.17, 15) is 32.4 Å². The van der Waals surface area contributed by atoms with Gasteiger partial charge in [0, 0.05) is 51.4 Å². The predicted octanol–water partition coefficient (Wildman–Crippen LogP) is 4.10. The van der Waals surface area contributed by atoms with Crippen LogP contribution in [0.25, 0.3) is 0 Å². The van der Waals surface area contributed by atoms with Crippen molar-refractivity contribution in [1.82, 2.24) is 19.8 Å². The van der Waals surface area contributed by atoms with Crippen LogP contribution in [0.15, 0.2) is 36.9 Å². The van der Waals surface area contributed by atoms with Crippen molar-refractivity contribution in [3.63, 3.8) is 0 Å². The fraction of sp³-hybridized carbons (Fsp3) is 0.625. The first kappa shape index (κ1) is 40.9. The molecule has 0 aromatic heterocycles. The number of benzene rings is 1. The van der Waals surface area contributed by atoms with E-state index in [1.807, 2.05) is 45.0 Å². The first-order chi connectivity index (χ1) is 24.5. The van der Waals surface area contributed by atoms with E-state index in [0.717, 1.165) is 36.6 Å². The Hall–Kier alpha value is -3.82. The fourth-order valence-corrected chi connectivity index (χ4v) is 8.55. The first-order valence-electron chi connectivity index (χ1n) is 18.5. The number of sulfonamides is 1. The van der Waals surface area contributed by atoms with Crippen molar-refractivity contribution in [2.75, 3.05) is 26.4 Å². The van der Waals surface area contributed by atoms with Gasteiger partial charge in [0.1, 0.15) is 6.04 Å². The molecule has 2 aliphatic carbocycles. The Kier molecular flexibility index (Phi) is 13.7. The Morgan fingerprint density at radius 2 is 1.75 bits per heavy atom. The first-order valence-corrected chi connectivity index (χ1v) is 20.3. The highest BCUT2D eigenvalue weighted by molar-refractivity contribution is 7.88. The highest BCUT2D eigenvalue weighted by Crippen LogP contribution is 2.44. The predicted molar refractivity (Wildman–Crippen MR) is 200 cm³/mol. The van der Waals surface area contributed by atoms with Crippen LogP contribution < -0.4 is 10.6 Å². The Morgan fingerprint density at radius 3 is 2.33 bits per heavy atom. The minimum absolute atomic E-state index is 0.0155. The van der Waals surface area contributed by atoms with E-state index in [2.05, 4.69) is 23.1 Å². The summed E-state index contributed by atoms with van der Waals surface area (Å²) >= 11 is 0. The Bertz CT molecular complexity index is 1650. The number of nitrogens with zero attached hydrogens (tertiary/aromatic N) is 2. The molecule has 11 nitrogen and oxygen atoms in total. The van der Waals surface area contributed by atoms with Crippen LogP contribution in [0.3, 0.4) is 0 Å². The lowest BCUT2D eigenvalue weighted by molar-refractivity contribution is -0.143. The van der Waals surface area contributed by atoms with Crippen molar-refractivity contribution in [2.24, 2.45) is 29.1 Å². The number of urea groups is 1. The SMILES string of the molecule is C#CCCC(CC(=O)[C@@H]1[C@H]2CCC[C@H]2CN1C(=O)[C@@H](NC(=O)N[C@H](CN(C)S(C)(=O)=O)C(C)(C)C)C1Cc2ccccc2C1)C(=O)C(=O)CCC=C. The highest BCUT2D eigenvalue weighted by atomic mass is 32.2. The van der Waals surface area contributed by atoms with Crippen LogP contribution in [-0.2, 0) is 42.0 Å². The summed E-state index contributed by atoms with van der Waals surface area (Å²) in [5.74, 6) is -0.389. The Balaban J connectivity index is 1.62. The molecule has 1 aromatic carbocycles. The van der Waals surface area contributed by atoms with E-state index in [1.54, 1.807) is 11.0 Å². The zero-order valence-corrected chi connectivity index (χ0v) is 32.2. The number of hydrogen-bond acceptors (Lipinski definition) is 7. The third-order valence-corrected chi connectivity index (χ3v) is 12.6. The van der Waals surface area contributed by atoms with Crippen LogP contribution in [0.4, 0.5) is 4.79 Å². The zero-order valence-electron chi connectivity index (χ0n) is 31.4. The molecular formula is C40H56N4O7S. The van der Waals surface area contributed by atoms with Gasteiger partial charge >= 0.3 is 6.03 Å². The standard InChI is InChI=1S/C40H56N4O7S/c1-8-10-15-28(37(47)32(45)20-11-9-2)23-33(46)36-31-19-14-18-29(31)24-44(36)38(48)35(30-21-26-16-12-13-17-27(26)22-30)42-39(49)41-34(40(3,4)5)25-43(6)52(7,50)51/h1,9,12-13,16-17,28-31,34-36H,2,10-11,14-15,18-25H2,3-7H3,(H2,41,42,49)/t28?,29-,31-,34+,35-,36-/m0/s1. The van der Waals surface area contributed by atoms with Crippen molar-refractivity contribution in [3.05, 3.63) is 48.0 Å². The molecule has 1 aliphatic heterocycles. The van der Waals surface area contributed by atoms with Crippen LogP contribution in [0.5, 0.6) is 0 Å². The molecule has 3 amide bonds. The molecule has 3 aliphatic rings. The van der Waals surface area contributed by atoms with Crippen LogP contribution in [0.2, 0.25) is 0 Å². The topological polar surface area (TPSA) is 150 Å². The second-order valence-corrected chi connectivity index (χ2v) is 18.1. The third kappa shape index (κ3) is 9.98. The van der Waals surface area contributed by atoms with Crippen molar-refractivity contribution in [3.8, 4) is 12.3 Å². The molecule has 6 atom stereocenters. The Morgan fingerprint density at radius 1 is 1.10 bits per heavy atom. The lowest BCUT2D eigenvalue weighted by Gasteiger charge is -2.36.